The van der Waals surface area contributed by atoms with Gasteiger partial charge in [0.05, 0.1) is 12.6 Å². The van der Waals surface area contributed by atoms with Gasteiger partial charge in [-0.1, -0.05) is 103 Å². The van der Waals surface area contributed by atoms with Crippen LogP contribution < -0.4 is 0 Å². The molecule has 1 N–H and O–H groups in total. The number of hydrogen-bond acceptors (Lipinski definition) is 2. The van der Waals surface area contributed by atoms with Gasteiger partial charge in [0, 0.05) is 12.7 Å². The van der Waals surface area contributed by atoms with Crippen LogP contribution in [0, 0.1) is 0 Å². The molecule has 1 heterocycles. The van der Waals surface area contributed by atoms with Crippen LogP contribution in [-0.4, -0.2) is 29.2 Å². The summed E-state index contributed by atoms with van der Waals surface area (Å²) in [4.78, 5) is 2.30. The highest BCUT2D eigenvalue weighted by Gasteiger charge is 2.14. The van der Waals surface area contributed by atoms with E-state index in [2.05, 4.69) is 37.1 Å². The smallest absolute Gasteiger partial charge is 0.0702 e. The van der Waals surface area contributed by atoms with E-state index in [-0.39, 0.29) is 29.6 Å². The van der Waals surface area contributed by atoms with Crippen molar-refractivity contribution in [1.29, 1.82) is 0 Å². The summed E-state index contributed by atoms with van der Waals surface area (Å²) in [5.41, 5.74) is 1.29. The lowest BCUT2D eigenvalue weighted by Crippen LogP contribution is -2.34. The van der Waals surface area contributed by atoms with Crippen molar-refractivity contribution in [3.8, 4) is 0 Å². The highest BCUT2D eigenvalue weighted by atomic mass is 79.9. The van der Waals surface area contributed by atoms with Crippen molar-refractivity contribution >= 4 is 17.0 Å². The Morgan fingerprint density at radius 1 is 0.808 bits per heavy atom. The first-order chi connectivity index (χ1) is 12.3. The minimum absolute atomic E-state index is 0. The molecule has 0 aliphatic carbocycles. The molecule has 0 saturated carbocycles. The van der Waals surface area contributed by atoms with E-state index in [0.29, 0.717) is 0 Å². The number of nitrogens with zero attached hydrogens (tertiary/aromatic N) is 1. The third-order valence-electron chi connectivity index (χ3n) is 5.33. The molecular formula is C23H44BrNO. The number of aliphatic hydroxyl groups excluding tert-OH is 1. The fraction of sp³-hybridized carbons (Fsp3) is 0.826. The van der Waals surface area contributed by atoms with E-state index >= 15 is 0 Å². The molecule has 1 aliphatic rings. The monoisotopic (exact) mass is 429 g/mol. The normalized spacial score (nSPS) is 16.5. The molecule has 0 fully saturated rings. The van der Waals surface area contributed by atoms with Gasteiger partial charge in [-0.15, -0.1) is 17.0 Å². The first kappa shape index (κ1) is 25.7. The van der Waals surface area contributed by atoms with E-state index in [9.17, 15) is 5.11 Å². The summed E-state index contributed by atoms with van der Waals surface area (Å²) in [7, 11) is 0. The van der Waals surface area contributed by atoms with Gasteiger partial charge in [0.25, 0.3) is 0 Å². The molecule has 154 valence electrons. The average Bonchev–Trinajstić information content (AvgIpc) is 2.62. The fourth-order valence-corrected chi connectivity index (χ4v) is 3.66. The van der Waals surface area contributed by atoms with Crippen molar-refractivity contribution in [3.05, 3.63) is 23.9 Å². The molecule has 3 heteroatoms. The molecule has 1 unspecified atom stereocenters. The fourth-order valence-electron chi connectivity index (χ4n) is 3.66. The van der Waals surface area contributed by atoms with E-state index < -0.39 is 0 Å². The van der Waals surface area contributed by atoms with Crippen LogP contribution in [0.5, 0.6) is 0 Å². The van der Waals surface area contributed by atoms with E-state index in [1.807, 2.05) is 0 Å². The zero-order valence-electron chi connectivity index (χ0n) is 17.4. The highest BCUT2D eigenvalue weighted by Crippen LogP contribution is 2.16. The third kappa shape index (κ3) is 13.0. The predicted octanol–water partition coefficient (Wildman–Crippen LogP) is 7.18. The van der Waals surface area contributed by atoms with Crippen LogP contribution in [0.25, 0.3) is 0 Å². The van der Waals surface area contributed by atoms with Gasteiger partial charge >= 0.3 is 0 Å². The minimum Gasteiger partial charge on any atom is -0.394 e. The molecule has 1 atom stereocenters. The molecule has 0 saturated heterocycles. The van der Waals surface area contributed by atoms with Crippen LogP contribution in [0.2, 0.25) is 0 Å². The number of rotatable bonds is 16. The quantitative estimate of drug-likeness (QED) is 0.262. The largest absolute Gasteiger partial charge is 0.394 e. The molecule has 0 radical (unpaired) electrons. The lowest BCUT2D eigenvalue weighted by Gasteiger charge is -2.30. The molecule has 0 amide bonds. The topological polar surface area (TPSA) is 23.5 Å². The average molecular weight is 431 g/mol. The van der Waals surface area contributed by atoms with Crippen molar-refractivity contribution in [3.63, 3.8) is 0 Å². The minimum atomic E-state index is 0. The zero-order chi connectivity index (χ0) is 18.2. The highest BCUT2D eigenvalue weighted by molar-refractivity contribution is 8.93. The molecule has 2 nitrogen and oxygen atoms in total. The van der Waals surface area contributed by atoms with Crippen LogP contribution in [0.4, 0.5) is 0 Å². The lowest BCUT2D eigenvalue weighted by atomic mass is 10.0. The summed E-state index contributed by atoms with van der Waals surface area (Å²) in [6.45, 7) is 5.71. The number of aliphatic hydroxyl groups is 1. The van der Waals surface area contributed by atoms with Crippen LogP contribution in [0.1, 0.15) is 104 Å². The molecular weight excluding hydrogens is 386 g/mol. The Labute approximate surface area is 173 Å². The number of hydrogen-bond donors (Lipinski definition) is 1. The predicted molar refractivity (Wildman–Crippen MR) is 121 cm³/mol. The summed E-state index contributed by atoms with van der Waals surface area (Å²) in [6, 6.07) is 0.186. The maximum atomic E-state index is 9.44. The molecule has 1 rings (SSSR count). The summed E-state index contributed by atoms with van der Waals surface area (Å²) in [5.74, 6) is 0. The van der Waals surface area contributed by atoms with Crippen molar-refractivity contribution < 1.29 is 5.11 Å². The van der Waals surface area contributed by atoms with Crippen LogP contribution in [0.15, 0.2) is 23.9 Å². The van der Waals surface area contributed by atoms with Crippen LogP contribution in [-0.2, 0) is 0 Å². The van der Waals surface area contributed by atoms with Gasteiger partial charge in [-0.25, -0.2) is 0 Å². The Balaban J connectivity index is 0.00000625. The molecule has 0 aromatic heterocycles. The molecule has 1 aliphatic heterocycles. The van der Waals surface area contributed by atoms with Crippen molar-refractivity contribution in [2.45, 2.75) is 110 Å². The standard InChI is InChI=1S/C23H43NO.BrH/c1-3-4-5-6-7-8-9-10-11-12-13-14-15-16-19-24-20-22(2)17-18-23(24)21-25;/h17-18,20,23,25H,3-16,19,21H2,1-2H3;1H. The van der Waals surface area contributed by atoms with Crippen molar-refractivity contribution in [1.82, 2.24) is 4.90 Å². The van der Waals surface area contributed by atoms with Crippen molar-refractivity contribution in [2.75, 3.05) is 13.2 Å². The first-order valence-electron chi connectivity index (χ1n) is 11.0. The SMILES string of the molecule is Br.CCCCCCCCCCCCCCCCN1C=C(C)C=CC1CO. The molecule has 0 bridgehead atoms. The number of unbranched alkanes of at least 4 members (excludes halogenated alkanes) is 13. The van der Waals surface area contributed by atoms with Gasteiger partial charge < -0.3 is 10.0 Å². The second kappa shape index (κ2) is 18.1. The Kier molecular flexibility index (Phi) is 17.9. The molecule has 0 aromatic rings. The van der Waals surface area contributed by atoms with E-state index in [1.54, 1.807) is 0 Å². The number of halogens is 1. The van der Waals surface area contributed by atoms with Crippen molar-refractivity contribution in [2.24, 2.45) is 0 Å². The van der Waals surface area contributed by atoms with Gasteiger partial charge in [0.15, 0.2) is 0 Å². The Hall–Kier alpha value is -0.280. The summed E-state index contributed by atoms with van der Waals surface area (Å²) in [5, 5.41) is 9.44. The maximum Gasteiger partial charge on any atom is 0.0702 e. The lowest BCUT2D eigenvalue weighted by molar-refractivity contribution is 0.189. The maximum absolute atomic E-state index is 9.44. The van der Waals surface area contributed by atoms with Crippen LogP contribution >= 0.6 is 17.0 Å². The molecule has 0 aromatic carbocycles. The second-order valence-corrected chi connectivity index (χ2v) is 7.82. The van der Waals surface area contributed by atoms with E-state index in [0.717, 1.165) is 6.54 Å². The Bertz CT molecular complexity index is 367. The Morgan fingerprint density at radius 3 is 1.73 bits per heavy atom. The van der Waals surface area contributed by atoms with Gasteiger partial charge in [-0.3, -0.25) is 0 Å². The molecule has 0 spiro atoms. The second-order valence-electron chi connectivity index (χ2n) is 7.82. The van der Waals surface area contributed by atoms with Gasteiger partial charge in [0.1, 0.15) is 0 Å². The summed E-state index contributed by atoms with van der Waals surface area (Å²) < 4.78 is 0. The van der Waals surface area contributed by atoms with Gasteiger partial charge in [0.2, 0.25) is 0 Å². The zero-order valence-corrected chi connectivity index (χ0v) is 19.1. The van der Waals surface area contributed by atoms with E-state index in [4.69, 9.17) is 0 Å². The third-order valence-corrected chi connectivity index (χ3v) is 5.33. The summed E-state index contributed by atoms with van der Waals surface area (Å²) in [6.07, 6.45) is 26.1. The molecule has 26 heavy (non-hydrogen) atoms. The first-order valence-corrected chi connectivity index (χ1v) is 11.0. The van der Waals surface area contributed by atoms with E-state index in [1.165, 1.54) is 95.5 Å². The van der Waals surface area contributed by atoms with Gasteiger partial charge in [-0.2, -0.15) is 0 Å². The van der Waals surface area contributed by atoms with Gasteiger partial charge in [-0.05, 0) is 18.9 Å². The number of allylic oxidation sites excluding steroid dienone is 2. The Morgan fingerprint density at radius 2 is 1.27 bits per heavy atom. The summed E-state index contributed by atoms with van der Waals surface area (Å²) >= 11 is 0. The van der Waals surface area contributed by atoms with Crippen LogP contribution in [0.3, 0.4) is 0 Å².